The molecule has 0 aliphatic carbocycles. The Morgan fingerprint density at radius 3 is 2.52 bits per heavy atom. The van der Waals surface area contributed by atoms with Crippen LogP contribution in [0.25, 0.3) is 0 Å². The zero-order valence-electron chi connectivity index (χ0n) is 13.0. The Morgan fingerprint density at radius 1 is 1.38 bits per heavy atom. The fourth-order valence-corrected chi connectivity index (χ4v) is 1.52. The maximum atomic E-state index is 11.7. The highest BCUT2D eigenvalue weighted by Crippen LogP contribution is 2.09. The topological polar surface area (TPSA) is 82.8 Å². The number of carbonyl (C=O) groups is 2. The first-order chi connectivity index (χ1) is 9.75. The predicted octanol–water partition coefficient (Wildman–Crippen LogP) is 1.99. The Kier molecular flexibility index (Phi) is 5.63. The van der Waals surface area contributed by atoms with Crippen molar-refractivity contribution in [2.45, 2.75) is 46.3 Å². The maximum Gasteiger partial charge on any atom is 0.434 e. The van der Waals surface area contributed by atoms with Gasteiger partial charge >= 0.3 is 12.1 Å². The standard InChI is InChI=1S/C14H21N3O4/c1-6-17-8-7-10(16-17)9-11(12(18)20-5)15-13(19)21-14(2,3)4/h7-8H,6,9H2,1-5H3. The van der Waals surface area contributed by atoms with Gasteiger partial charge in [-0.15, -0.1) is 0 Å². The van der Waals surface area contributed by atoms with Crippen LogP contribution in [0.1, 0.15) is 33.4 Å². The van der Waals surface area contributed by atoms with E-state index in [1.807, 2.05) is 6.92 Å². The monoisotopic (exact) mass is 295 g/mol. The summed E-state index contributed by atoms with van der Waals surface area (Å²) < 4.78 is 11.4. The molecule has 0 aliphatic heterocycles. The van der Waals surface area contributed by atoms with Crippen LogP contribution in [0.3, 0.4) is 0 Å². The zero-order valence-corrected chi connectivity index (χ0v) is 13.0. The normalized spacial score (nSPS) is 12.1. The third-order valence-electron chi connectivity index (χ3n) is 2.41. The first-order valence-electron chi connectivity index (χ1n) is 6.66. The average molecular weight is 295 g/mol. The van der Waals surface area contributed by atoms with Gasteiger partial charge < -0.3 is 9.47 Å². The molecule has 7 nitrogen and oxygen atoms in total. The number of esters is 1. The van der Waals surface area contributed by atoms with E-state index < -0.39 is 17.7 Å². The fraction of sp³-hybridized carbons (Fsp3) is 0.571. The summed E-state index contributed by atoms with van der Waals surface area (Å²) in [5.41, 5.74) is -0.0799. The van der Waals surface area contributed by atoms with E-state index in [0.717, 1.165) is 6.54 Å². The average Bonchev–Trinajstić information content (AvgIpc) is 2.82. The number of aromatic nitrogens is 2. The maximum absolute atomic E-state index is 11.7. The molecule has 0 N–H and O–H groups in total. The Labute approximate surface area is 123 Å². The van der Waals surface area contributed by atoms with Crippen LogP contribution in [-0.2, 0) is 27.2 Å². The minimum atomic E-state index is -0.821. The number of amides is 1. The first kappa shape index (κ1) is 16.9. The third kappa shape index (κ3) is 5.76. The summed E-state index contributed by atoms with van der Waals surface area (Å²) in [5.74, 6) is -0.674. The number of hydrogen-bond donors (Lipinski definition) is 0. The van der Waals surface area contributed by atoms with Crippen LogP contribution in [0, 0.1) is 0 Å². The third-order valence-corrected chi connectivity index (χ3v) is 2.41. The molecule has 0 atom stereocenters. The van der Waals surface area contributed by atoms with Gasteiger partial charge in [0.2, 0.25) is 0 Å². The molecule has 0 radical (unpaired) electrons. The molecule has 116 valence electrons. The summed E-state index contributed by atoms with van der Waals surface area (Å²) in [6.07, 6.45) is 1.08. The molecule has 7 heteroatoms. The van der Waals surface area contributed by atoms with Crippen molar-refractivity contribution in [1.29, 1.82) is 0 Å². The highest BCUT2D eigenvalue weighted by molar-refractivity contribution is 6.38. The SMILES string of the molecule is CCn1ccc(CC(=NC(=O)OC(C)(C)C)C(=O)OC)n1. The summed E-state index contributed by atoms with van der Waals surface area (Å²) in [4.78, 5) is 27.1. The molecule has 0 spiro atoms. The molecule has 21 heavy (non-hydrogen) atoms. The molecule has 1 heterocycles. The van der Waals surface area contributed by atoms with E-state index in [4.69, 9.17) is 4.74 Å². The number of aliphatic imine (C=N–C) groups is 1. The largest absolute Gasteiger partial charge is 0.465 e. The van der Waals surface area contributed by atoms with Gasteiger partial charge in [0, 0.05) is 19.2 Å². The smallest absolute Gasteiger partial charge is 0.434 e. The minimum Gasteiger partial charge on any atom is -0.465 e. The van der Waals surface area contributed by atoms with Crippen LogP contribution >= 0.6 is 0 Å². The Morgan fingerprint density at radius 2 is 2.05 bits per heavy atom. The Hall–Kier alpha value is -2.18. The van der Waals surface area contributed by atoms with E-state index >= 15 is 0 Å². The Bertz CT molecular complexity index is 541. The molecule has 0 saturated carbocycles. The van der Waals surface area contributed by atoms with Gasteiger partial charge in [0.1, 0.15) is 11.3 Å². The first-order valence-corrected chi connectivity index (χ1v) is 6.66. The molecule has 1 aromatic rings. The van der Waals surface area contributed by atoms with Gasteiger partial charge in [0.25, 0.3) is 0 Å². The lowest BCUT2D eigenvalue weighted by molar-refractivity contribution is -0.132. The lowest BCUT2D eigenvalue weighted by atomic mass is 10.2. The van der Waals surface area contributed by atoms with E-state index in [1.165, 1.54) is 7.11 Å². The van der Waals surface area contributed by atoms with Gasteiger partial charge in [0.05, 0.1) is 12.8 Å². The number of hydrogen-bond acceptors (Lipinski definition) is 5. The summed E-state index contributed by atoms with van der Waals surface area (Å²) in [6, 6.07) is 1.76. The van der Waals surface area contributed by atoms with Crippen molar-refractivity contribution >= 4 is 17.8 Å². The van der Waals surface area contributed by atoms with Crippen molar-refractivity contribution in [3.63, 3.8) is 0 Å². The fourth-order valence-electron chi connectivity index (χ4n) is 1.52. The van der Waals surface area contributed by atoms with E-state index in [9.17, 15) is 9.59 Å². The van der Waals surface area contributed by atoms with Crippen LogP contribution in [0.4, 0.5) is 4.79 Å². The van der Waals surface area contributed by atoms with Gasteiger partial charge in [-0.05, 0) is 33.8 Å². The molecule has 1 rings (SSSR count). The van der Waals surface area contributed by atoms with Gasteiger partial charge in [-0.3, -0.25) is 4.68 Å². The van der Waals surface area contributed by atoms with Crippen molar-refractivity contribution in [3.05, 3.63) is 18.0 Å². The second-order valence-electron chi connectivity index (χ2n) is 5.37. The van der Waals surface area contributed by atoms with Crippen molar-refractivity contribution < 1.29 is 19.1 Å². The van der Waals surface area contributed by atoms with Gasteiger partial charge in [0.15, 0.2) is 0 Å². The van der Waals surface area contributed by atoms with Gasteiger partial charge in [-0.2, -0.15) is 10.1 Å². The molecule has 0 saturated heterocycles. The van der Waals surface area contributed by atoms with Crippen molar-refractivity contribution in [3.8, 4) is 0 Å². The van der Waals surface area contributed by atoms with Crippen molar-refractivity contribution in [1.82, 2.24) is 9.78 Å². The van der Waals surface area contributed by atoms with Crippen LogP contribution in [0.2, 0.25) is 0 Å². The van der Waals surface area contributed by atoms with Gasteiger partial charge in [-0.25, -0.2) is 9.59 Å². The second-order valence-corrected chi connectivity index (χ2v) is 5.37. The molecule has 1 aromatic heterocycles. The molecule has 0 unspecified atom stereocenters. The van der Waals surface area contributed by atoms with Crippen molar-refractivity contribution in [2.24, 2.45) is 4.99 Å². The summed E-state index contributed by atoms with van der Waals surface area (Å²) >= 11 is 0. The number of rotatable bonds is 4. The summed E-state index contributed by atoms with van der Waals surface area (Å²) in [7, 11) is 1.23. The number of carbonyl (C=O) groups excluding carboxylic acids is 2. The van der Waals surface area contributed by atoms with Crippen LogP contribution < -0.4 is 0 Å². The minimum absolute atomic E-state index is 0.0342. The molecule has 0 aromatic carbocycles. The van der Waals surface area contributed by atoms with Crippen LogP contribution in [0.15, 0.2) is 17.3 Å². The molecule has 1 amide bonds. The van der Waals surface area contributed by atoms with E-state index in [2.05, 4.69) is 14.8 Å². The van der Waals surface area contributed by atoms with Crippen LogP contribution in [-0.4, -0.2) is 40.3 Å². The van der Waals surface area contributed by atoms with Gasteiger partial charge in [-0.1, -0.05) is 0 Å². The molecule has 0 bridgehead atoms. The Balaban J connectivity index is 2.90. The lowest BCUT2D eigenvalue weighted by Gasteiger charge is -2.17. The summed E-state index contributed by atoms with van der Waals surface area (Å²) in [6.45, 7) is 7.84. The summed E-state index contributed by atoms with van der Waals surface area (Å²) in [5, 5.41) is 4.24. The van der Waals surface area contributed by atoms with E-state index in [-0.39, 0.29) is 12.1 Å². The molecule has 0 fully saturated rings. The molecule has 0 aliphatic rings. The number of nitrogens with zero attached hydrogens (tertiary/aromatic N) is 3. The highest BCUT2D eigenvalue weighted by Gasteiger charge is 2.20. The number of ether oxygens (including phenoxy) is 2. The van der Waals surface area contributed by atoms with Crippen molar-refractivity contribution in [2.75, 3.05) is 7.11 Å². The quantitative estimate of drug-likeness (QED) is 0.626. The zero-order chi connectivity index (χ0) is 16.0. The second kappa shape index (κ2) is 7.01. The highest BCUT2D eigenvalue weighted by atomic mass is 16.6. The molecular formula is C14H21N3O4. The van der Waals surface area contributed by atoms with E-state index in [1.54, 1.807) is 37.7 Å². The number of aryl methyl sites for hydroxylation is 1. The van der Waals surface area contributed by atoms with E-state index in [0.29, 0.717) is 5.69 Å². The predicted molar refractivity (Wildman–Crippen MR) is 77.3 cm³/mol. The lowest BCUT2D eigenvalue weighted by Crippen LogP contribution is -2.25. The molecular weight excluding hydrogens is 274 g/mol. The number of methoxy groups -OCH3 is 1. The van der Waals surface area contributed by atoms with Crippen LogP contribution in [0.5, 0.6) is 0 Å².